The number of para-hydroxylation sites is 1. The molecule has 166 valence electrons. The summed E-state index contributed by atoms with van der Waals surface area (Å²) in [7, 11) is 0. The molecular weight excluding hydrogens is 396 g/mol. The molecule has 0 radical (unpaired) electrons. The zero-order valence-electron chi connectivity index (χ0n) is 17.7. The molecule has 2 atom stereocenters. The predicted octanol–water partition coefficient (Wildman–Crippen LogP) is 3.24. The fraction of sp³-hybridized carbons (Fsp3) is 0.583. The Morgan fingerprint density at radius 1 is 0.935 bits per heavy atom. The van der Waals surface area contributed by atoms with Crippen LogP contribution in [0.15, 0.2) is 24.3 Å². The van der Waals surface area contributed by atoms with E-state index in [4.69, 9.17) is 4.74 Å². The summed E-state index contributed by atoms with van der Waals surface area (Å²) in [6.07, 6.45) is 7.98. The number of Topliss-reactive ketones (excluding diaryl/α,β-unsaturated/α-hetero) is 1. The maximum Gasteiger partial charge on any atom is 0.309 e. The first-order chi connectivity index (χ1) is 15.0. The molecule has 0 spiro atoms. The van der Waals surface area contributed by atoms with Gasteiger partial charge in [0.1, 0.15) is 5.78 Å². The van der Waals surface area contributed by atoms with Crippen molar-refractivity contribution in [3.63, 3.8) is 0 Å². The highest BCUT2D eigenvalue weighted by molar-refractivity contribution is 6.04. The van der Waals surface area contributed by atoms with Crippen LogP contribution in [0.3, 0.4) is 0 Å². The van der Waals surface area contributed by atoms with Gasteiger partial charge < -0.3 is 15.4 Å². The molecule has 7 heteroatoms. The summed E-state index contributed by atoms with van der Waals surface area (Å²) in [6, 6.07) is 7.01. The number of hydrogen-bond acceptors (Lipinski definition) is 5. The molecule has 31 heavy (non-hydrogen) atoms. The average Bonchev–Trinajstić information content (AvgIpc) is 3.25. The lowest BCUT2D eigenvalue weighted by Crippen LogP contribution is -2.40. The maximum atomic E-state index is 12.6. The third kappa shape index (κ3) is 5.14. The second kappa shape index (κ2) is 9.62. The van der Waals surface area contributed by atoms with Crippen molar-refractivity contribution in [2.45, 2.75) is 63.8 Å². The summed E-state index contributed by atoms with van der Waals surface area (Å²) in [5, 5.41) is 5.71. The number of fused-ring (bicyclic) bond motifs is 2. The van der Waals surface area contributed by atoms with Crippen molar-refractivity contribution in [1.82, 2.24) is 5.32 Å². The molecule has 4 rings (SSSR count). The molecule has 2 bridgehead atoms. The predicted molar refractivity (Wildman–Crippen MR) is 114 cm³/mol. The molecule has 3 fully saturated rings. The van der Waals surface area contributed by atoms with E-state index in [-0.39, 0.29) is 29.7 Å². The highest BCUT2D eigenvalue weighted by atomic mass is 16.5. The Kier molecular flexibility index (Phi) is 6.68. The Bertz CT molecular complexity index is 845. The number of carbonyl (C=O) groups is 4. The van der Waals surface area contributed by atoms with Crippen molar-refractivity contribution in [1.29, 1.82) is 0 Å². The van der Waals surface area contributed by atoms with Crippen LogP contribution in [0.4, 0.5) is 5.69 Å². The Labute approximate surface area is 182 Å². The van der Waals surface area contributed by atoms with E-state index in [0.29, 0.717) is 29.9 Å². The van der Waals surface area contributed by atoms with Crippen LogP contribution in [-0.4, -0.2) is 36.2 Å². The van der Waals surface area contributed by atoms with Crippen molar-refractivity contribution in [2.75, 3.05) is 11.9 Å². The lowest BCUT2D eigenvalue weighted by molar-refractivity contribution is -0.155. The molecule has 1 aromatic rings. The zero-order chi connectivity index (χ0) is 21.8. The number of ketones is 1. The fourth-order valence-electron chi connectivity index (χ4n) is 5.24. The quantitative estimate of drug-likeness (QED) is 0.680. The molecule has 3 aliphatic carbocycles. The SMILES string of the molecule is O=C(COC(=O)C1CC2CCCC(C1)C2=O)Nc1ccccc1C(=O)NC1CCCC1. The molecule has 0 aliphatic heterocycles. The highest BCUT2D eigenvalue weighted by Crippen LogP contribution is 2.40. The van der Waals surface area contributed by atoms with Gasteiger partial charge in [-0.1, -0.05) is 31.4 Å². The molecule has 1 aromatic carbocycles. The molecule has 3 saturated carbocycles. The van der Waals surface area contributed by atoms with Crippen LogP contribution < -0.4 is 10.6 Å². The number of benzene rings is 1. The number of rotatable bonds is 6. The minimum Gasteiger partial charge on any atom is -0.455 e. The monoisotopic (exact) mass is 426 g/mol. The summed E-state index contributed by atoms with van der Waals surface area (Å²) in [4.78, 5) is 49.7. The van der Waals surface area contributed by atoms with Crippen molar-refractivity contribution < 1.29 is 23.9 Å². The van der Waals surface area contributed by atoms with Gasteiger partial charge in [-0.05, 0) is 50.7 Å². The zero-order valence-corrected chi connectivity index (χ0v) is 17.7. The minimum atomic E-state index is -0.485. The summed E-state index contributed by atoms with van der Waals surface area (Å²) in [5.41, 5.74) is 0.796. The largest absolute Gasteiger partial charge is 0.455 e. The van der Waals surface area contributed by atoms with E-state index in [9.17, 15) is 19.2 Å². The van der Waals surface area contributed by atoms with Crippen LogP contribution in [0.25, 0.3) is 0 Å². The van der Waals surface area contributed by atoms with E-state index in [2.05, 4.69) is 10.6 Å². The molecule has 2 amide bonds. The standard InChI is InChI=1S/C24H30N2O5/c27-21(14-31-24(30)17-12-15-6-5-7-16(13-17)22(15)28)26-20-11-4-3-10-19(20)23(29)25-18-8-1-2-9-18/h3-4,10-11,15-18H,1-2,5-9,12-14H2,(H,25,29)(H,26,27). The number of ether oxygens (including phenoxy) is 1. The summed E-state index contributed by atoms with van der Waals surface area (Å²) in [6.45, 7) is -0.406. The van der Waals surface area contributed by atoms with Gasteiger partial charge in [-0.3, -0.25) is 19.2 Å². The van der Waals surface area contributed by atoms with E-state index in [1.807, 2.05) is 0 Å². The lowest BCUT2D eigenvalue weighted by Gasteiger charge is -2.36. The number of esters is 1. The highest BCUT2D eigenvalue weighted by Gasteiger charge is 2.41. The van der Waals surface area contributed by atoms with Crippen molar-refractivity contribution >= 4 is 29.3 Å². The average molecular weight is 427 g/mol. The van der Waals surface area contributed by atoms with Crippen molar-refractivity contribution in [3.8, 4) is 0 Å². The van der Waals surface area contributed by atoms with Crippen LogP contribution in [0.5, 0.6) is 0 Å². The molecule has 0 saturated heterocycles. The third-order valence-corrected chi connectivity index (χ3v) is 6.86. The lowest BCUT2D eigenvalue weighted by atomic mass is 9.67. The van der Waals surface area contributed by atoms with Crippen LogP contribution in [0.2, 0.25) is 0 Å². The van der Waals surface area contributed by atoms with Gasteiger partial charge in [0, 0.05) is 17.9 Å². The van der Waals surface area contributed by atoms with E-state index in [1.165, 1.54) is 0 Å². The van der Waals surface area contributed by atoms with Gasteiger partial charge in [0.15, 0.2) is 6.61 Å². The van der Waals surface area contributed by atoms with Gasteiger partial charge in [-0.15, -0.1) is 0 Å². The Morgan fingerprint density at radius 3 is 2.32 bits per heavy atom. The van der Waals surface area contributed by atoms with E-state index >= 15 is 0 Å². The van der Waals surface area contributed by atoms with Gasteiger partial charge in [-0.25, -0.2) is 0 Å². The topological polar surface area (TPSA) is 102 Å². The van der Waals surface area contributed by atoms with Crippen LogP contribution in [0, 0.1) is 17.8 Å². The van der Waals surface area contributed by atoms with Crippen molar-refractivity contribution in [3.05, 3.63) is 29.8 Å². The molecular formula is C24H30N2O5. The molecule has 7 nitrogen and oxygen atoms in total. The first-order valence-corrected chi connectivity index (χ1v) is 11.4. The van der Waals surface area contributed by atoms with Crippen LogP contribution in [0.1, 0.15) is 68.1 Å². The first-order valence-electron chi connectivity index (χ1n) is 11.4. The van der Waals surface area contributed by atoms with Crippen molar-refractivity contribution in [2.24, 2.45) is 17.8 Å². The van der Waals surface area contributed by atoms with Gasteiger partial charge in [0.2, 0.25) is 0 Å². The second-order valence-corrected chi connectivity index (χ2v) is 9.05. The van der Waals surface area contributed by atoms with Gasteiger partial charge in [0.25, 0.3) is 11.8 Å². The van der Waals surface area contributed by atoms with Gasteiger partial charge in [0.05, 0.1) is 17.2 Å². The Hall–Kier alpha value is -2.70. The minimum absolute atomic E-state index is 0.0378. The Balaban J connectivity index is 1.29. The summed E-state index contributed by atoms with van der Waals surface area (Å²) in [5.74, 6) is -1.20. The number of hydrogen-bond donors (Lipinski definition) is 2. The second-order valence-electron chi connectivity index (χ2n) is 9.05. The molecule has 2 N–H and O–H groups in total. The molecule has 2 unspecified atom stereocenters. The number of amides is 2. The normalized spacial score (nSPS) is 25.7. The number of carbonyl (C=O) groups excluding carboxylic acids is 4. The van der Waals surface area contributed by atoms with E-state index < -0.39 is 18.5 Å². The van der Waals surface area contributed by atoms with Gasteiger partial charge in [-0.2, -0.15) is 0 Å². The summed E-state index contributed by atoms with van der Waals surface area (Å²) >= 11 is 0. The fourth-order valence-corrected chi connectivity index (χ4v) is 5.24. The van der Waals surface area contributed by atoms with E-state index in [1.54, 1.807) is 24.3 Å². The number of anilines is 1. The number of nitrogens with one attached hydrogen (secondary N) is 2. The summed E-state index contributed by atoms with van der Waals surface area (Å²) < 4.78 is 5.26. The smallest absolute Gasteiger partial charge is 0.309 e. The maximum absolute atomic E-state index is 12.6. The van der Waals surface area contributed by atoms with Gasteiger partial charge >= 0.3 is 5.97 Å². The van der Waals surface area contributed by atoms with E-state index in [0.717, 1.165) is 44.9 Å². The van der Waals surface area contributed by atoms with Crippen LogP contribution >= 0.6 is 0 Å². The van der Waals surface area contributed by atoms with Crippen LogP contribution in [-0.2, 0) is 19.1 Å². The molecule has 3 aliphatic rings. The molecule has 0 heterocycles. The Morgan fingerprint density at radius 2 is 1.61 bits per heavy atom. The third-order valence-electron chi connectivity index (χ3n) is 6.86. The first kappa shape index (κ1) is 21.5. The molecule has 0 aromatic heterocycles.